The smallest absolute Gasteiger partial charge is 0.194 e. The topological polar surface area (TPSA) is 37.8 Å². The monoisotopic (exact) mass is 315 g/mol. The average molecular weight is 315 g/mol. The van der Waals surface area contributed by atoms with Crippen LogP contribution in [0.15, 0.2) is 12.1 Å². The second-order valence-electron chi connectivity index (χ2n) is 4.61. The van der Waals surface area contributed by atoms with Crippen LogP contribution in [0, 0.1) is 17.5 Å². The van der Waals surface area contributed by atoms with Gasteiger partial charge in [-0.05, 0) is 38.1 Å². The van der Waals surface area contributed by atoms with Gasteiger partial charge < -0.3 is 5.32 Å². The predicted molar refractivity (Wildman–Crippen MR) is 76.7 cm³/mol. The highest BCUT2D eigenvalue weighted by Gasteiger charge is 2.14. The molecule has 114 valence electrons. The standard InChI is InChI=1S/C14H16F3N3S/c1-2-5-18-6-3-4-12-19-20-14(21-12)9-7-10(15)13(17)11(16)8-9/h7-8,18H,2-6H2,1H3. The van der Waals surface area contributed by atoms with Crippen molar-refractivity contribution in [3.63, 3.8) is 0 Å². The van der Waals surface area contributed by atoms with Crippen molar-refractivity contribution < 1.29 is 13.2 Å². The summed E-state index contributed by atoms with van der Waals surface area (Å²) in [5.74, 6) is -3.90. The van der Waals surface area contributed by atoms with Gasteiger partial charge in [0.2, 0.25) is 0 Å². The minimum Gasteiger partial charge on any atom is -0.317 e. The van der Waals surface area contributed by atoms with Gasteiger partial charge in [0.25, 0.3) is 0 Å². The Kier molecular flexibility index (Phi) is 5.69. The van der Waals surface area contributed by atoms with Gasteiger partial charge in [-0.1, -0.05) is 18.3 Å². The number of hydrogen-bond acceptors (Lipinski definition) is 4. The Labute approximate surface area is 125 Å². The van der Waals surface area contributed by atoms with Gasteiger partial charge >= 0.3 is 0 Å². The SMILES string of the molecule is CCCNCCCc1nnc(-c2cc(F)c(F)c(F)c2)s1. The minimum absolute atomic E-state index is 0.208. The Bertz CT molecular complexity index is 578. The lowest BCUT2D eigenvalue weighted by molar-refractivity contribution is 0.447. The van der Waals surface area contributed by atoms with Crippen LogP contribution in [-0.2, 0) is 6.42 Å². The number of nitrogens with zero attached hydrogens (tertiary/aromatic N) is 2. The first-order valence-corrected chi connectivity index (χ1v) is 7.61. The van der Waals surface area contributed by atoms with E-state index in [1.54, 1.807) is 0 Å². The zero-order chi connectivity index (χ0) is 15.2. The molecule has 0 spiro atoms. The fourth-order valence-corrected chi connectivity index (χ4v) is 2.69. The molecule has 21 heavy (non-hydrogen) atoms. The first-order chi connectivity index (χ1) is 10.1. The summed E-state index contributed by atoms with van der Waals surface area (Å²) in [4.78, 5) is 0. The van der Waals surface area contributed by atoms with Crippen LogP contribution in [0.2, 0.25) is 0 Å². The van der Waals surface area contributed by atoms with Gasteiger partial charge in [-0.3, -0.25) is 0 Å². The van der Waals surface area contributed by atoms with Gasteiger partial charge in [0.05, 0.1) is 0 Å². The molecular formula is C14H16F3N3S. The Morgan fingerprint density at radius 3 is 2.48 bits per heavy atom. The highest BCUT2D eigenvalue weighted by atomic mass is 32.1. The molecule has 0 atom stereocenters. The van der Waals surface area contributed by atoms with E-state index in [-0.39, 0.29) is 5.56 Å². The molecule has 0 aliphatic heterocycles. The maximum atomic E-state index is 13.2. The number of hydrogen-bond donors (Lipinski definition) is 1. The van der Waals surface area contributed by atoms with Crippen molar-refractivity contribution in [1.82, 2.24) is 15.5 Å². The maximum absolute atomic E-state index is 13.2. The van der Waals surface area contributed by atoms with E-state index in [0.29, 0.717) is 5.01 Å². The molecule has 1 heterocycles. The molecule has 7 heteroatoms. The van der Waals surface area contributed by atoms with E-state index >= 15 is 0 Å². The largest absolute Gasteiger partial charge is 0.317 e. The predicted octanol–water partition coefficient (Wildman–Crippen LogP) is 3.55. The molecule has 1 aromatic carbocycles. The molecule has 1 N–H and O–H groups in total. The number of aromatic nitrogens is 2. The Hall–Kier alpha value is -1.47. The Morgan fingerprint density at radius 2 is 1.81 bits per heavy atom. The molecule has 0 radical (unpaired) electrons. The minimum atomic E-state index is -1.47. The summed E-state index contributed by atoms with van der Waals surface area (Å²) >= 11 is 1.27. The lowest BCUT2D eigenvalue weighted by atomic mass is 10.2. The average Bonchev–Trinajstić information content (AvgIpc) is 2.93. The van der Waals surface area contributed by atoms with Crippen molar-refractivity contribution in [2.24, 2.45) is 0 Å². The number of rotatable bonds is 7. The summed E-state index contributed by atoms with van der Waals surface area (Å²) in [5, 5.41) is 12.4. The summed E-state index contributed by atoms with van der Waals surface area (Å²) in [6.45, 7) is 3.98. The molecular weight excluding hydrogens is 299 g/mol. The molecule has 0 saturated heterocycles. The van der Waals surface area contributed by atoms with Gasteiger partial charge in [0.15, 0.2) is 17.5 Å². The summed E-state index contributed by atoms with van der Waals surface area (Å²) < 4.78 is 39.3. The number of aryl methyl sites for hydroxylation is 1. The van der Waals surface area contributed by atoms with Gasteiger partial charge in [0.1, 0.15) is 10.0 Å². The lowest BCUT2D eigenvalue weighted by Crippen LogP contribution is -2.16. The highest BCUT2D eigenvalue weighted by Crippen LogP contribution is 2.26. The van der Waals surface area contributed by atoms with Crippen molar-refractivity contribution in [2.75, 3.05) is 13.1 Å². The zero-order valence-electron chi connectivity index (χ0n) is 11.6. The number of halogens is 3. The molecule has 2 rings (SSSR count). The van der Waals surface area contributed by atoms with Gasteiger partial charge in [-0.15, -0.1) is 10.2 Å². The van der Waals surface area contributed by atoms with E-state index in [1.807, 2.05) is 0 Å². The summed E-state index contributed by atoms with van der Waals surface area (Å²) in [7, 11) is 0. The third-order valence-corrected chi connectivity index (χ3v) is 3.90. The van der Waals surface area contributed by atoms with Crippen LogP contribution in [0.4, 0.5) is 13.2 Å². The third kappa shape index (κ3) is 4.25. The summed E-state index contributed by atoms with van der Waals surface area (Å²) in [6.07, 6.45) is 2.76. The van der Waals surface area contributed by atoms with E-state index in [4.69, 9.17) is 0 Å². The molecule has 0 unspecified atom stereocenters. The lowest BCUT2D eigenvalue weighted by Gasteiger charge is -2.00. The van der Waals surface area contributed by atoms with Gasteiger partial charge in [-0.2, -0.15) is 0 Å². The van der Waals surface area contributed by atoms with Gasteiger partial charge in [0, 0.05) is 12.0 Å². The molecule has 0 bridgehead atoms. The third-order valence-electron chi connectivity index (χ3n) is 2.87. The van der Waals surface area contributed by atoms with Crippen LogP contribution in [0.25, 0.3) is 10.6 Å². The molecule has 0 fully saturated rings. The van der Waals surface area contributed by atoms with Crippen LogP contribution in [0.3, 0.4) is 0 Å². The van der Waals surface area contributed by atoms with E-state index in [2.05, 4.69) is 22.4 Å². The number of nitrogens with one attached hydrogen (secondary N) is 1. The molecule has 3 nitrogen and oxygen atoms in total. The number of benzene rings is 1. The summed E-state index contributed by atoms with van der Waals surface area (Å²) in [6, 6.07) is 1.87. The first kappa shape index (κ1) is 15.9. The molecule has 0 aliphatic carbocycles. The van der Waals surface area contributed by atoms with Gasteiger partial charge in [-0.25, -0.2) is 13.2 Å². The summed E-state index contributed by atoms with van der Waals surface area (Å²) in [5.41, 5.74) is 0.208. The highest BCUT2D eigenvalue weighted by molar-refractivity contribution is 7.14. The fourth-order valence-electron chi connectivity index (χ4n) is 1.82. The van der Waals surface area contributed by atoms with Crippen molar-refractivity contribution in [3.8, 4) is 10.6 Å². The molecule has 1 aromatic heterocycles. The second kappa shape index (κ2) is 7.51. The molecule has 0 aliphatic rings. The van der Waals surface area contributed by atoms with E-state index in [9.17, 15) is 13.2 Å². The van der Waals surface area contributed by atoms with Crippen molar-refractivity contribution in [2.45, 2.75) is 26.2 Å². The van der Waals surface area contributed by atoms with Crippen molar-refractivity contribution in [3.05, 3.63) is 34.6 Å². The first-order valence-electron chi connectivity index (χ1n) is 6.79. The van der Waals surface area contributed by atoms with Crippen LogP contribution in [-0.4, -0.2) is 23.3 Å². The Morgan fingerprint density at radius 1 is 1.10 bits per heavy atom. The van der Waals surface area contributed by atoms with Crippen LogP contribution < -0.4 is 5.32 Å². The zero-order valence-corrected chi connectivity index (χ0v) is 12.4. The van der Waals surface area contributed by atoms with Crippen LogP contribution in [0.5, 0.6) is 0 Å². The molecule has 0 saturated carbocycles. The quantitative estimate of drug-likeness (QED) is 0.627. The van der Waals surface area contributed by atoms with E-state index in [0.717, 1.165) is 49.5 Å². The van der Waals surface area contributed by atoms with Crippen molar-refractivity contribution >= 4 is 11.3 Å². The molecule has 0 amide bonds. The van der Waals surface area contributed by atoms with E-state index in [1.165, 1.54) is 11.3 Å². The van der Waals surface area contributed by atoms with E-state index < -0.39 is 17.5 Å². The molecule has 2 aromatic rings. The fraction of sp³-hybridized carbons (Fsp3) is 0.429. The van der Waals surface area contributed by atoms with Crippen LogP contribution >= 0.6 is 11.3 Å². The van der Waals surface area contributed by atoms with Crippen molar-refractivity contribution in [1.29, 1.82) is 0 Å². The normalized spacial score (nSPS) is 11.0. The van der Waals surface area contributed by atoms with Crippen LogP contribution in [0.1, 0.15) is 24.8 Å². The Balaban J connectivity index is 1.99. The maximum Gasteiger partial charge on any atom is 0.194 e. The second-order valence-corrected chi connectivity index (χ2v) is 5.67.